The summed E-state index contributed by atoms with van der Waals surface area (Å²) < 4.78 is 1.73. The molecule has 5 nitrogen and oxygen atoms in total. The summed E-state index contributed by atoms with van der Waals surface area (Å²) in [6.07, 6.45) is 1.55. The van der Waals surface area contributed by atoms with Crippen molar-refractivity contribution in [3.05, 3.63) is 46.1 Å². The van der Waals surface area contributed by atoms with Gasteiger partial charge in [0, 0.05) is 10.7 Å². The van der Waals surface area contributed by atoms with Gasteiger partial charge in [0.1, 0.15) is 5.82 Å². The summed E-state index contributed by atoms with van der Waals surface area (Å²) in [4.78, 5) is 20.6. The van der Waals surface area contributed by atoms with Gasteiger partial charge in [0.05, 0.1) is 15.8 Å². The number of benzene rings is 1. The molecular formula is C14H11BrN4OS. The fourth-order valence-corrected chi connectivity index (χ4v) is 3.17. The molecule has 106 valence electrons. The topological polar surface area (TPSA) is 80.9 Å². The predicted octanol–water partition coefficient (Wildman–Crippen LogP) is 3.60. The van der Waals surface area contributed by atoms with Crippen LogP contribution in [0, 0.1) is 6.92 Å². The van der Waals surface area contributed by atoms with Crippen LogP contribution in [0.15, 0.2) is 34.9 Å². The van der Waals surface area contributed by atoms with Gasteiger partial charge >= 0.3 is 0 Å². The van der Waals surface area contributed by atoms with Crippen molar-refractivity contribution < 1.29 is 4.79 Å². The minimum absolute atomic E-state index is 0.188. The van der Waals surface area contributed by atoms with Gasteiger partial charge in [-0.05, 0) is 46.6 Å². The molecule has 2 aromatic heterocycles. The van der Waals surface area contributed by atoms with E-state index in [9.17, 15) is 4.79 Å². The van der Waals surface area contributed by atoms with Gasteiger partial charge in [-0.3, -0.25) is 10.1 Å². The Kier molecular flexibility index (Phi) is 3.60. The summed E-state index contributed by atoms with van der Waals surface area (Å²) in [6.45, 7) is 2.02. The number of aromatic nitrogens is 2. The lowest BCUT2D eigenvalue weighted by Gasteiger charge is -2.04. The first-order chi connectivity index (χ1) is 10.0. The van der Waals surface area contributed by atoms with E-state index in [-0.39, 0.29) is 11.7 Å². The first kappa shape index (κ1) is 14.0. The quantitative estimate of drug-likeness (QED) is 0.729. The number of fused-ring (bicyclic) bond motifs is 1. The van der Waals surface area contributed by atoms with Crippen LogP contribution in [0.4, 0.5) is 10.9 Å². The van der Waals surface area contributed by atoms with Crippen LogP contribution in [0.5, 0.6) is 0 Å². The number of carbonyl (C=O) groups is 1. The molecule has 3 rings (SSSR count). The number of rotatable bonds is 2. The number of anilines is 2. The monoisotopic (exact) mass is 362 g/mol. The van der Waals surface area contributed by atoms with Gasteiger partial charge in [-0.2, -0.15) is 0 Å². The largest absolute Gasteiger partial charge is 0.383 e. The molecule has 3 N–H and O–H groups in total. The van der Waals surface area contributed by atoms with Gasteiger partial charge < -0.3 is 5.73 Å². The van der Waals surface area contributed by atoms with Crippen molar-refractivity contribution in [1.82, 2.24) is 9.97 Å². The van der Waals surface area contributed by atoms with Crippen LogP contribution in [-0.4, -0.2) is 15.9 Å². The Morgan fingerprint density at radius 1 is 1.38 bits per heavy atom. The minimum atomic E-state index is -0.322. The molecule has 7 heteroatoms. The second kappa shape index (κ2) is 5.42. The standard InChI is InChI=1S/C14H11BrN4OS/c1-7-2-3-10-11(4-7)21-14(18-10)19-13(20)9-5-8(15)6-17-12(9)16/h2-6H,1H3,(H2,16,17)(H,18,19,20). The summed E-state index contributed by atoms with van der Waals surface area (Å²) >= 11 is 4.70. The number of nitrogen functional groups attached to an aromatic ring is 1. The summed E-state index contributed by atoms with van der Waals surface area (Å²) in [5.74, 6) is -0.135. The van der Waals surface area contributed by atoms with E-state index in [0.29, 0.717) is 15.2 Å². The van der Waals surface area contributed by atoms with Crippen molar-refractivity contribution in [1.29, 1.82) is 0 Å². The van der Waals surface area contributed by atoms with Gasteiger partial charge in [0.2, 0.25) is 0 Å². The molecule has 0 aliphatic heterocycles. The van der Waals surface area contributed by atoms with E-state index in [0.717, 1.165) is 15.8 Å². The van der Waals surface area contributed by atoms with Crippen LogP contribution >= 0.6 is 27.3 Å². The lowest BCUT2D eigenvalue weighted by Crippen LogP contribution is -2.14. The molecule has 21 heavy (non-hydrogen) atoms. The molecule has 1 aromatic carbocycles. The average molecular weight is 363 g/mol. The number of thiazole rings is 1. The zero-order chi connectivity index (χ0) is 15.0. The number of halogens is 1. The Bertz CT molecular complexity index is 846. The van der Waals surface area contributed by atoms with Crippen LogP contribution in [0.1, 0.15) is 15.9 Å². The van der Waals surface area contributed by atoms with Crippen molar-refractivity contribution >= 4 is 54.3 Å². The predicted molar refractivity (Wildman–Crippen MR) is 88.7 cm³/mol. The SMILES string of the molecule is Cc1ccc2nc(NC(=O)c3cc(Br)cnc3N)sc2c1. The number of nitrogens with zero attached hydrogens (tertiary/aromatic N) is 2. The lowest BCUT2D eigenvalue weighted by molar-refractivity contribution is 0.102. The smallest absolute Gasteiger partial charge is 0.261 e. The zero-order valence-corrected chi connectivity index (χ0v) is 13.5. The number of hydrogen-bond acceptors (Lipinski definition) is 5. The number of pyridine rings is 1. The third-order valence-electron chi connectivity index (χ3n) is 2.89. The van der Waals surface area contributed by atoms with Crippen LogP contribution in [0.2, 0.25) is 0 Å². The third kappa shape index (κ3) is 2.88. The summed E-state index contributed by atoms with van der Waals surface area (Å²) in [7, 11) is 0. The van der Waals surface area contributed by atoms with Crippen molar-refractivity contribution in [3.8, 4) is 0 Å². The molecule has 0 aliphatic carbocycles. The fourth-order valence-electron chi connectivity index (χ4n) is 1.88. The number of amides is 1. The number of aryl methyl sites for hydroxylation is 1. The Balaban J connectivity index is 1.90. The van der Waals surface area contributed by atoms with E-state index in [4.69, 9.17) is 5.73 Å². The average Bonchev–Trinajstić information content (AvgIpc) is 2.82. The highest BCUT2D eigenvalue weighted by Gasteiger charge is 2.14. The van der Waals surface area contributed by atoms with Gasteiger partial charge in [-0.15, -0.1) is 0 Å². The molecule has 2 heterocycles. The fraction of sp³-hybridized carbons (Fsp3) is 0.0714. The molecule has 0 spiro atoms. The van der Waals surface area contributed by atoms with Crippen LogP contribution in [0.25, 0.3) is 10.2 Å². The highest BCUT2D eigenvalue weighted by molar-refractivity contribution is 9.10. The van der Waals surface area contributed by atoms with Gasteiger partial charge in [-0.25, -0.2) is 9.97 Å². The normalized spacial score (nSPS) is 10.8. The molecular weight excluding hydrogens is 352 g/mol. The van der Waals surface area contributed by atoms with Gasteiger partial charge in [-0.1, -0.05) is 17.4 Å². The van der Waals surface area contributed by atoms with E-state index in [2.05, 4.69) is 31.2 Å². The van der Waals surface area contributed by atoms with E-state index in [1.165, 1.54) is 11.3 Å². The molecule has 0 saturated heterocycles. The molecule has 1 amide bonds. The maximum atomic E-state index is 12.2. The van der Waals surface area contributed by atoms with Crippen molar-refractivity contribution in [3.63, 3.8) is 0 Å². The molecule has 0 aliphatic rings. The minimum Gasteiger partial charge on any atom is -0.383 e. The van der Waals surface area contributed by atoms with Crippen molar-refractivity contribution in [2.24, 2.45) is 0 Å². The second-order valence-corrected chi connectivity index (χ2v) is 6.48. The molecule has 0 radical (unpaired) electrons. The molecule has 0 unspecified atom stereocenters. The zero-order valence-electron chi connectivity index (χ0n) is 11.1. The summed E-state index contributed by atoms with van der Waals surface area (Å²) in [5.41, 5.74) is 8.07. The van der Waals surface area contributed by atoms with Crippen LogP contribution < -0.4 is 11.1 Å². The molecule has 0 saturated carbocycles. The van der Waals surface area contributed by atoms with Crippen molar-refractivity contribution in [2.75, 3.05) is 11.1 Å². The Morgan fingerprint density at radius 3 is 3.00 bits per heavy atom. The van der Waals surface area contributed by atoms with Crippen LogP contribution in [0.3, 0.4) is 0 Å². The third-order valence-corrected chi connectivity index (χ3v) is 4.26. The van der Waals surface area contributed by atoms with E-state index < -0.39 is 0 Å². The summed E-state index contributed by atoms with van der Waals surface area (Å²) in [5, 5.41) is 3.30. The Labute approximate surface area is 133 Å². The first-order valence-electron chi connectivity index (χ1n) is 6.12. The van der Waals surface area contributed by atoms with Gasteiger partial charge in [0.25, 0.3) is 5.91 Å². The van der Waals surface area contributed by atoms with E-state index in [1.807, 2.05) is 25.1 Å². The van der Waals surface area contributed by atoms with E-state index in [1.54, 1.807) is 12.3 Å². The number of carbonyl (C=O) groups excluding carboxylic acids is 1. The number of hydrogen-bond donors (Lipinski definition) is 2. The number of nitrogens with two attached hydrogens (primary N) is 1. The summed E-state index contributed by atoms with van der Waals surface area (Å²) in [6, 6.07) is 7.60. The van der Waals surface area contributed by atoms with Crippen molar-refractivity contribution in [2.45, 2.75) is 6.92 Å². The van der Waals surface area contributed by atoms with Gasteiger partial charge in [0.15, 0.2) is 5.13 Å². The lowest BCUT2D eigenvalue weighted by atomic mass is 10.2. The van der Waals surface area contributed by atoms with E-state index >= 15 is 0 Å². The molecule has 0 atom stereocenters. The molecule has 0 fully saturated rings. The number of nitrogens with one attached hydrogen (secondary N) is 1. The highest BCUT2D eigenvalue weighted by atomic mass is 79.9. The van der Waals surface area contributed by atoms with Crippen LogP contribution in [-0.2, 0) is 0 Å². The maximum Gasteiger partial charge on any atom is 0.261 e. The highest BCUT2D eigenvalue weighted by Crippen LogP contribution is 2.27. The Morgan fingerprint density at radius 2 is 2.19 bits per heavy atom. The first-order valence-corrected chi connectivity index (χ1v) is 7.73. The Hall–Kier alpha value is -1.99. The maximum absolute atomic E-state index is 12.2. The molecule has 0 bridgehead atoms. The second-order valence-electron chi connectivity index (χ2n) is 4.53. The molecule has 3 aromatic rings.